The largest absolute Gasteiger partial charge is 0.497 e. The van der Waals surface area contributed by atoms with Crippen LogP contribution in [0.5, 0.6) is 5.75 Å². The molecule has 4 aromatic rings. The molecule has 0 fully saturated rings. The molecule has 0 aliphatic carbocycles. The van der Waals surface area contributed by atoms with Crippen LogP contribution >= 0.6 is 0 Å². The lowest BCUT2D eigenvalue weighted by atomic mass is 10.0. The lowest BCUT2D eigenvalue weighted by Crippen LogP contribution is -2.00. The highest BCUT2D eigenvalue weighted by Gasteiger charge is 2.10. The Morgan fingerprint density at radius 3 is 2.69 bits per heavy atom. The second-order valence-electron chi connectivity index (χ2n) is 6.20. The fourth-order valence-corrected chi connectivity index (χ4v) is 2.88. The van der Waals surface area contributed by atoms with E-state index in [0.717, 1.165) is 5.56 Å². The summed E-state index contributed by atoms with van der Waals surface area (Å²) < 4.78 is 11.2. The molecule has 0 radical (unpaired) electrons. The van der Waals surface area contributed by atoms with E-state index in [4.69, 9.17) is 9.15 Å². The topological polar surface area (TPSA) is 76.1 Å². The number of rotatable bonds is 2. The molecule has 0 unspecified atom stereocenters. The summed E-state index contributed by atoms with van der Waals surface area (Å²) in [5.41, 5.74) is 2.65. The number of fused-ring (bicyclic) bond motifs is 1. The Morgan fingerprint density at radius 1 is 1.03 bits per heavy atom. The van der Waals surface area contributed by atoms with Crippen molar-refractivity contribution >= 4 is 11.0 Å². The summed E-state index contributed by atoms with van der Waals surface area (Å²) >= 11 is 0. The highest BCUT2D eigenvalue weighted by molar-refractivity contribution is 5.80. The molecule has 138 valence electrons. The van der Waals surface area contributed by atoms with E-state index in [2.05, 4.69) is 22.9 Å². The van der Waals surface area contributed by atoms with E-state index >= 15 is 0 Å². The second kappa shape index (κ2) is 7.72. The van der Waals surface area contributed by atoms with Crippen molar-refractivity contribution in [2.24, 2.45) is 0 Å². The molecule has 4 rings (SSSR count). The third-order valence-electron chi connectivity index (χ3n) is 4.36. The standard InChI is InChI=1S/C24H14N2O3/c1-28-20-8-9-21-22(27)13-23(29-24(21)12-20)18-6-7-19(14-25)17(11-18)5-4-16-3-2-10-26-15-16/h2-3,6-13,15H,1H3. The van der Waals surface area contributed by atoms with Gasteiger partial charge in [0.05, 0.1) is 18.1 Å². The predicted octanol–water partition coefficient (Wildman–Crippen LogP) is 4.14. The van der Waals surface area contributed by atoms with Crippen LogP contribution in [0.4, 0.5) is 0 Å². The maximum Gasteiger partial charge on any atom is 0.193 e. The van der Waals surface area contributed by atoms with Gasteiger partial charge in [0.25, 0.3) is 0 Å². The molecule has 0 bridgehead atoms. The summed E-state index contributed by atoms with van der Waals surface area (Å²) in [7, 11) is 1.55. The Morgan fingerprint density at radius 2 is 1.93 bits per heavy atom. The molecule has 0 aliphatic rings. The first-order chi connectivity index (χ1) is 14.2. The smallest absolute Gasteiger partial charge is 0.193 e. The van der Waals surface area contributed by atoms with Crippen molar-refractivity contribution in [1.82, 2.24) is 4.98 Å². The van der Waals surface area contributed by atoms with E-state index in [1.807, 2.05) is 6.07 Å². The average molecular weight is 378 g/mol. The van der Waals surface area contributed by atoms with Gasteiger partial charge in [-0.15, -0.1) is 0 Å². The van der Waals surface area contributed by atoms with Crippen molar-refractivity contribution in [3.05, 3.63) is 93.9 Å². The van der Waals surface area contributed by atoms with Gasteiger partial charge in [0.1, 0.15) is 23.2 Å². The normalized spacial score (nSPS) is 10.1. The molecule has 5 nitrogen and oxygen atoms in total. The highest BCUT2D eigenvalue weighted by atomic mass is 16.5. The zero-order valence-corrected chi connectivity index (χ0v) is 15.5. The van der Waals surface area contributed by atoms with Gasteiger partial charge < -0.3 is 9.15 Å². The first-order valence-corrected chi connectivity index (χ1v) is 8.76. The monoisotopic (exact) mass is 378 g/mol. The maximum absolute atomic E-state index is 12.5. The SMILES string of the molecule is COc1ccc2c(=O)cc(-c3ccc(C#N)c(C#Cc4cccnc4)c3)oc2c1. The highest BCUT2D eigenvalue weighted by Crippen LogP contribution is 2.26. The lowest BCUT2D eigenvalue weighted by molar-refractivity contribution is 0.414. The molecule has 0 saturated heterocycles. The molecule has 0 N–H and O–H groups in total. The van der Waals surface area contributed by atoms with Crippen molar-refractivity contribution in [1.29, 1.82) is 5.26 Å². The van der Waals surface area contributed by atoms with E-state index in [-0.39, 0.29) is 5.43 Å². The van der Waals surface area contributed by atoms with Gasteiger partial charge in [-0.1, -0.05) is 11.8 Å². The van der Waals surface area contributed by atoms with Crippen LogP contribution in [0.1, 0.15) is 16.7 Å². The number of nitrogens with zero attached hydrogens (tertiary/aromatic N) is 2. The van der Waals surface area contributed by atoms with Crippen LogP contribution in [0.2, 0.25) is 0 Å². The Labute approximate surface area is 166 Å². The van der Waals surface area contributed by atoms with Gasteiger partial charge in [-0.25, -0.2) is 0 Å². The van der Waals surface area contributed by atoms with E-state index in [1.54, 1.807) is 62.0 Å². The Hall–Kier alpha value is -4.35. The summed E-state index contributed by atoms with van der Waals surface area (Å²) in [6.07, 6.45) is 3.32. The zero-order valence-electron chi connectivity index (χ0n) is 15.5. The minimum Gasteiger partial charge on any atom is -0.497 e. The molecular weight excluding hydrogens is 364 g/mol. The number of hydrogen-bond acceptors (Lipinski definition) is 5. The van der Waals surface area contributed by atoms with E-state index in [9.17, 15) is 10.1 Å². The van der Waals surface area contributed by atoms with E-state index in [0.29, 0.717) is 39.2 Å². The minimum atomic E-state index is -0.156. The maximum atomic E-state index is 12.5. The lowest BCUT2D eigenvalue weighted by Gasteiger charge is -2.06. The number of aromatic nitrogens is 1. The fraction of sp³-hybridized carbons (Fsp3) is 0.0417. The summed E-state index contributed by atoms with van der Waals surface area (Å²) in [4.78, 5) is 16.5. The number of nitriles is 1. The quantitative estimate of drug-likeness (QED) is 0.490. The summed E-state index contributed by atoms with van der Waals surface area (Å²) in [6.45, 7) is 0. The summed E-state index contributed by atoms with van der Waals surface area (Å²) in [5.74, 6) is 7.00. The molecular formula is C24H14N2O3. The fourth-order valence-electron chi connectivity index (χ4n) is 2.88. The van der Waals surface area contributed by atoms with Crippen molar-refractivity contribution in [2.75, 3.05) is 7.11 Å². The van der Waals surface area contributed by atoms with E-state index < -0.39 is 0 Å². The van der Waals surface area contributed by atoms with Gasteiger partial charge in [-0.2, -0.15) is 5.26 Å². The minimum absolute atomic E-state index is 0.156. The number of pyridine rings is 1. The van der Waals surface area contributed by atoms with Crippen LogP contribution in [0.3, 0.4) is 0 Å². The molecule has 29 heavy (non-hydrogen) atoms. The second-order valence-corrected chi connectivity index (χ2v) is 6.20. The van der Waals surface area contributed by atoms with Crippen LogP contribution in [-0.2, 0) is 0 Å². The number of methoxy groups -OCH3 is 1. The van der Waals surface area contributed by atoms with Gasteiger partial charge in [0.2, 0.25) is 0 Å². The van der Waals surface area contributed by atoms with Crippen LogP contribution in [0.15, 0.2) is 76.2 Å². The number of benzene rings is 2. The summed E-state index contributed by atoms with van der Waals surface area (Å²) in [6, 6.07) is 17.4. The van der Waals surface area contributed by atoms with Crippen LogP contribution < -0.4 is 10.2 Å². The predicted molar refractivity (Wildman–Crippen MR) is 109 cm³/mol. The Kier molecular flexibility index (Phi) is 4.80. The third-order valence-corrected chi connectivity index (χ3v) is 4.36. The van der Waals surface area contributed by atoms with Gasteiger partial charge in [-0.05, 0) is 42.5 Å². The molecule has 0 saturated carbocycles. The molecule has 0 atom stereocenters. The van der Waals surface area contributed by atoms with Crippen molar-refractivity contribution < 1.29 is 9.15 Å². The van der Waals surface area contributed by atoms with Gasteiger partial charge in [0, 0.05) is 41.2 Å². The molecule has 2 aromatic heterocycles. The first-order valence-electron chi connectivity index (χ1n) is 8.76. The summed E-state index contributed by atoms with van der Waals surface area (Å²) in [5, 5.41) is 9.87. The van der Waals surface area contributed by atoms with Crippen LogP contribution in [0.25, 0.3) is 22.3 Å². The Balaban J connectivity index is 1.83. The van der Waals surface area contributed by atoms with Gasteiger partial charge in [0.15, 0.2) is 5.43 Å². The number of hydrogen-bond donors (Lipinski definition) is 0. The zero-order chi connectivity index (χ0) is 20.2. The van der Waals surface area contributed by atoms with Crippen LogP contribution in [0, 0.1) is 23.2 Å². The van der Waals surface area contributed by atoms with Crippen LogP contribution in [-0.4, -0.2) is 12.1 Å². The first kappa shape index (κ1) is 18.0. The van der Waals surface area contributed by atoms with Gasteiger partial charge >= 0.3 is 0 Å². The number of ether oxygens (including phenoxy) is 1. The molecule has 0 amide bonds. The molecule has 0 aliphatic heterocycles. The average Bonchev–Trinajstić information content (AvgIpc) is 2.77. The van der Waals surface area contributed by atoms with Crippen molar-refractivity contribution in [3.63, 3.8) is 0 Å². The van der Waals surface area contributed by atoms with Crippen molar-refractivity contribution in [3.8, 4) is 35.0 Å². The third kappa shape index (κ3) is 3.71. The molecule has 2 heterocycles. The van der Waals surface area contributed by atoms with Crippen molar-refractivity contribution in [2.45, 2.75) is 0 Å². The molecule has 2 aromatic carbocycles. The Bertz CT molecular complexity index is 1370. The van der Waals surface area contributed by atoms with Gasteiger partial charge in [-0.3, -0.25) is 9.78 Å². The van der Waals surface area contributed by atoms with E-state index in [1.165, 1.54) is 6.07 Å². The molecule has 0 spiro atoms. The molecule has 5 heteroatoms.